The van der Waals surface area contributed by atoms with Crippen molar-refractivity contribution in [3.8, 4) is 0 Å². The minimum atomic E-state index is 0.199. The number of anilines is 1. The van der Waals surface area contributed by atoms with Crippen LogP contribution in [0.3, 0.4) is 0 Å². The number of fused-ring (bicyclic) bond motifs is 1. The number of allylic oxidation sites excluding steroid dienone is 4. The Labute approximate surface area is 166 Å². The second-order valence-electron chi connectivity index (χ2n) is 7.17. The van der Waals surface area contributed by atoms with Gasteiger partial charge in [0.05, 0.1) is 0 Å². The summed E-state index contributed by atoms with van der Waals surface area (Å²) in [5.41, 5.74) is 2.08. The van der Waals surface area contributed by atoms with Gasteiger partial charge in [-0.3, -0.25) is 9.69 Å². The molecule has 0 spiro atoms. The largest absolute Gasteiger partial charge is 0.368 e. The molecule has 0 N–H and O–H groups in total. The van der Waals surface area contributed by atoms with Gasteiger partial charge in [0.15, 0.2) is 5.78 Å². The Kier molecular flexibility index (Phi) is 5.46. The molecule has 1 saturated heterocycles. The van der Waals surface area contributed by atoms with Crippen molar-refractivity contribution in [1.82, 2.24) is 4.90 Å². The lowest BCUT2D eigenvalue weighted by atomic mass is 10.0. The SMILES string of the molecule is O=C(CCN1CCN(c2cccc3ccccc23)CC1)C1=CC(=S)CC=C1. The Bertz CT molecular complexity index is 918. The minimum absolute atomic E-state index is 0.199. The topological polar surface area (TPSA) is 23.6 Å². The number of Topliss-reactive ketones (excluding diaryl/α,β-unsaturated/α-hetero) is 1. The summed E-state index contributed by atoms with van der Waals surface area (Å²) in [6.45, 7) is 4.79. The van der Waals surface area contributed by atoms with E-state index in [1.807, 2.05) is 18.2 Å². The molecule has 2 aliphatic rings. The Morgan fingerprint density at radius 2 is 1.78 bits per heavy atom. The van der Waals surface area contributed by atoms with Gasteiger partial charge in [0, 0.05) is 67.1 Å². The summed E-state index contributed by atoms with van der Waals surface area (Å²) in [6.07, 6.45) is 7.10. The van der Waals surface area contributed by atoms with E-state index in [1.165, 1.54) is 16.5 Å². The highest BCUT2D eigenvalue weighted by atomic mass is 32.1. The number of ketones is 1. The van der Waals surface area contributed by atoms with Crippen LogP contribution in [-0.4, -0.2) is 48.3 Å². The van der Waals surface area contributed by atoms with Gasteiger partial charge in [-0.25, -0.2) is 0 Å². The fourth-order valence-corrected chi connectivity index (χ4v) is 4.08. The maximum absolute atomic E-state index is 12.4. The third kappa shape index (κ3) is 4.18. The van der Waals surface area contributed by atoms with Gasteiger partial charge in [0.1, 0.15) is 0 Å². The molecule has 0 unspecified atom stereocenters. The van der Waals surface area contributed by atoms with E-state index in [2.05, 4.69) is 52.3 Å². The van der Waals surface area contributed by atoms with Crippen LogP contribution in [0.1, 0.15) is 12.8 Å². The molecular weight excluding hydrogens is 352 g/mol. The second kappa shape index (κ2) is 8.15. The van der Waals surface area contributed by atoms with Crippen LogP contribution in [0.4, 0.5) is 5.69 Å². The molecule has 1 aliphatic heterocycles. The average molecular weight is 377 g/mol. The van der Waals surface area contributed by atoms with E-state index >= 15 is 0 Å². The molecule has 1 heterocycles. The molecule has 3 nitrogen and oxygen atoms in total. The lowest BCUT2D eigenvalue weighted by molar-refractivity contribution is -0.115. The van der Waals surface area contributed by atoms with Crippen molar-refractivity contribution in [2.45, 2.75) is 12.8 Å². The fraction of sp³-hybridized carbons (Fsp3) is 0.304. The van der Waals surface area contributed by atoms with Crippen molar-refractivity contribution in [3.63, 3.8) is 0 Å². The highest BCUT2D eigenvalue weighted by Crippen LogP contribution is 2.27. The molecule has 0 aromatic heterocycles. The van der Waals surface area contributed by atoms with Gasteiger partial charge < -0.3 is 4.90 Å². The predicted octanol–water partition coefficient (Wildman–Crippen LogP) is 4.18. The van der Waals surface area contributed by atoms with Crippen LogP contribution in [0.5, 0.6) is 0 Å². The lowest BCUT2D eigenvalue weighted by Gasteiger charge is -2.36. The third-order valence-electron chi connectivity index (χ3n) is 5.39. The number of carbonyl (C=O) groups excluding carboxylic acids is 1. The normalized spacial score (nSPS) is 18.0. The summed E-state index contributed by atoms with van der Waals surface area (Å²) in [5.74, 6) is 0.199. The van der Waals surface area contributed by atoms with Crippen LogP contribution in [0.2, 0.25) is 0 Å². The molecule has 0 bridgehead atoms. The van der Waals surface area contributed by atoms with Gasteiger partial charge in [0.2, 0.25) is 0 Å². The molecule has 27 heavy (non-hydrogen) atoms. The zero-order valence-corrected chi connectivity index (χ0v) is 16.3. The summed E-state index contributed by atoms with van der Waals surface area (Å²) in [7, 11) is 0. The highest BCUT2D eigenvalue weighted by Gasteiger charge is 2.20. The average Bonchev–Trinajstić information content (AvgIpc) is 2.72. The first-order valence-electron chi connectivity index (χ1n) is 9.60. The Morgan fingerprint density at radius 3 is 2.59 bits per heavy atom. The van der Waals surface area contributed by atoms with Crippen LogP contribution in [0.15, 0.2) is 66.3 Å². The Morgan fingerprint density at radius 1 is 1.00 bits per heavy atom. The first kappa shape index (κ1) is 18.1. The number of benzene rings is 2. The molecule has 1 aliphatic carbocycles. The zero-order chi connectivity index (χ0) is 18.6. The number of piperazine rings is 1. The smallest absolute Gasteiger partial charge is 0.164 e. The second-order valence-corrected chi connectivity index (χ2v) is 7.70. The molecule has 4 heteroatoms. The van der Waals surface area contributed by atoms with Gasteiger partial charge in [0.25, 0.3) is 0 Å². The number of hydrogen-bond acceptors (Lipinski definition) is 4. The number of rotatable bonds is 5. The highest BCUT2D eigenvalue weighted by molar-refractivity contribution is 7.80. The van der Waals surface area contributed by atoms with Crippen molar-refractivity contribution in [2.24, 2.45) is 0 Å². The standard InChI is InChI=1S/C23H24N2OS/c26-23(19-7-3-8-20(27)17-19)11-12-24-13-15-25(16-14-24)22-10-4-6-18-5-1-2-9-21(18)22/h1-7,9-10,17H,8,11-16H2. The van der Waals surface area contributed by atoms with Crippen LogP contribution in [-0.2, 0) is 4.79 Å². The van der Waals surface area contributed by atoms with Crippen molar-refractivity contribution < 1.29 is 4.79 Å². The quantitative estimate of drug-likeness (QED) is 0.731. The fourth-order valence-electron chi connectivity index (χ4n) is 3.86. The van der Waals surface area contributed by atoms with Crippen LogP contribution >= 0.6 is 12.2 Å². The molecule has 1 fully saturated rings. The molecule has 2 aromatic carbocycles. The van der Waals surface area contributed by atoms with Gasteiger partial charge in [-0.05, 0) is 17.5 Å². The van der Waals surface area contributed by atoms with Gasteiger partial charge in [-0.15, -0.1) is 0 Å². The first-order chi connectivity index (χ1) is 13.2. The lowest BCUT2D eigenvalue weighted by Crippen LogP contribution is -2.47. The molecule has 4 rings (SSSR count). The molecule has 138 valence electrons. The zero-order valence-electron chi connectivity index (χ0n) is 15.4. The van der Waals surface area contributed by atoms with E-state index in [-0.39, 0.29) is 5.78 Å². The summed E-state index contributed by atoms with van der Waals surface area (Å²) < 4.78 is 0. The monoisotopic (exact) mass is 376 g/mol. The van der Waals surface area contributed by atoms with Crippen LogP contribution in [0, 0.1) is 0 Å². The van der Waals surface area contributed by atoms with Crippen LogP contribution < -0.4 is 4.90 Å². The summed E-state index contributed by atoms with van der Waals surface area (Å²) in [4.78, 5) is 18.1. The first-order valence-corrected chi connectivity index (χ1v) is 10.0. The third-order valence-corrected chi connectivity index (χ3v) is 5.67. The van der Waals surface area contributed by atoms with Gasteiger partial charge in [-0.2, -0.15) is 0 Å². The van der Waals surface area contributed by atoms with Crippen LogP contribution in [0.25, 0.3) is 10.8 Å². The number of thiocarbonyl (C=S) groups is 1. The van der Waals surface area contributed by atoms with Gasteiger partial charge >= 0.3 is 0 Å². The van der Waals surface area contributed by atoms with Crippen molar-refractivity contribution in [1.29, 1.82) is 0 Å². The Balaban J connectivity index is 1.33. The molecular formula is C23H24N2OS. The summed E-state index contributed by atoms with van der Waals surface area (Å²) in [6, 6.07) is 15.1. The predicted molar refractivity (Wildman–Crippen MR) is 117 cm³/mol. The van der Waals surface area contributed by atoms with Crippen molar-refractivity contribution in [2.75, 3.05) is 37.6 Å². The number of hydrogen-bond donors (Lipinski definition) is 0. The molecule has 0 amide bonds. The van der Waals surface area contributed by atoms with E-state index < -0.39 is 0 Å². The van der Waals surface area contributed by atoms with Gasteiger partial charge in [-0.1, -0.05) is 60.8 Å². The van der Waals surface area contributed by atoms with Crippen molar-refractivity contribution >= 4 is 39.3 Å². The van der Waals surface area contributed by atoms with E-state index in [1.54, 1.807) is 0 Å². The molecule has 0 radical (unpaired) electrons. The summed E-state index contributed by atoms with van der Waals surface area (Å²) in [5, 5.41) is 2.60. The molecule has 0 saturated carbocycles. The van der Waals surface area contributed by atoms with E-state index in [0.29, 0.717) is 6.42 Å². The molecule has 2 aromatic rings. The van der Waals surface area contributed by atoms with E-state index in [4.69, 9.17) is 12.2 Å². The summed E-state index contributed by atoms with van der Waals surface area (Å²) >= 11 is 5.21. The van der Waals surface area contributed by atoms with E-state index in [9.17, 15) is 4.79 Å². The molecule has 0 atom stereocenters. The Hall–Kier alpha value is -2.30. The number of nitrogens with zero attached hydrogens (tertiary/aromatic N) is 2. The number of carbonyl (C=O) groups is 1. The maximum Gasteiger partial charge on any atom is 0.164 e. The minimum Gasteiger partial charge on any atom is -0.368 e. The van der Waals surface area contributed by atoms with E-state index in [0.717, 1.165) is 49.6 Å². The maximum atomic E-state index is 12.4. The van der Waals surface area contributed by atoms with Crippen molar-refractivity contribution in [3.05, 3.63) is 66.3 Å².